The third-order valence-corrected chi connectivity index (χ3v) is 4.60. The minimum absolute atomic E-state index is 0.0666. The molecule has 0 aromatic carbocycles. The number of nitrogens with zero attached hydrogens (tertiary/aromatic N) is 1. The minimum atomic E-state index is -0.500. The van der Waals surface area contributed by atoms with Crippen LogP contribution in [0.4, 0.5) is 10.7 Å². The van der Waals surface area contributed by atoms with E-state index in [1.165, 1.54) is 18.4 Å². The van der Waals surface area contributed by atoms with Crippen LogP contribution in [0.5, 0.6) is 0 Å². The molecular weight excluding hydrogens is 292 g/mol. The number of carbonyl (C=O) groups excluding carboxylic acids is 2. The Labute approximate surface area is 127 Å². The van der Waals surface area contributed by atoms with Gasteiger partial charge in [0.05, 0.1) is 17.9 Å². The highest BCUT2D eigenvalue weighted by atomic mass is 32.1. The van der Waals surface area contributed by atoms with Gasteiger partial charge in [0.15, 0.2) is 0 Å². The van der Waals surface area contributed by atoms with Crippen molar-refractivity contribution < 1.29 is 14.3 Å². The Bertz CT molecular complexity index is 558. The summed E-state index contributed by atoms with van der Waals surface area (Å²) in [6.07, 6.45) is 0.847. The molecule has 116 valence electrons. The molecule has 2 rings (SSSR count). The Morgan fingerprint density at radius 2 is 2.24 bits per heavy atom. The number of ether oxygens (including phenoxy) is 1. The van der Waals surface area contributed by atoms with Crippen LogP contribution >= 0.6 is 11.3 Å². The first kappa shape index (κ1) is 15.6. The van der Waals surface area contributed by atoms with Crippen molar-refractivity contribution in [3.8, 4) is 0 Å². The van der Waals surface area contributed by atoms with Gasteiger partial charge >= 0.3 is 5.97 Å². The van der Waals surface area contributed by atoms with Crippen molar-refractivity contribution in [2.24, 2.45) is 5.73 Å². The largest absolute Gasteiger partial charge is 0.462 e. The van der Waals surface area contributed by atoms with Gasteiger partial charge in [0.1, 0.15) is 9.88 Å². The maximum atomic E-state index is 12.1. The Kier molecular flexibility index (Phi) is 4.69. The summed E-state index contributed by atoms with van der Waals surface area (Å²) in [5.74, 6) is -0.810. The predicted octanol–water partition coefficient (Wildman–Crippen LogP) is 0.404. The normalized spacial score (nSPS) is 17.9. The van der Waals surface area contributed by atoms with E-state index >= 15 is 0 Å². The van der Waals surface area contributed by atoms with E-state index < -0.39 is 5.97 Å². The minimum Gasteiger partial charge on any atom is -0.462 e. The van der Waals surface area contributed by atoms with E-state index in [1.54, 1.807) is 6.92 Å². The number of nitrogens with two attached hydrogens (primary N) is 2. The molecule has 0 aliphatic carbocycles. The van der Waals surface area contributed by atoms with Gasteiger partial charge in [-0.05, 0) is 13.3 Å². The van der Waals surface area contributed by atoms with Gasteiger partial charge in [-0.2, -0.15) is 0 Å². The van der Waals surface area contributed by atoms with E-state index in [9.17, 15) is 9.59 Å². The lowest BCUT2D eigenvalue weighted by Crippen LogP contribution is -2.28. The molecule has 8 heteroatoms. The lowest BCUT2D eigenvalue weighted by Gasteiger charge is -2.17. The second-order valence-corrected chi connectivity index (χ2v) is 5.82. The number of carbonyl (C=O) groups is 2. The summed E-state index contributed by atoms with van der Waals surface area (Å²) in [6.45, 7) is 3.37. The van der Waals surface area contributed by atoms with Crippen molar-refractivity contribution in [3.63, 3.8) is 0 Å². The molecule has 0 saturated carbocycles. The van der Waals surface area contributed by atoms with Gasteiger partial charge in [0.2, 0.25) is 0 Å². The molecule has 0 radical (unpaired) electrons. The Balaban J connectivity index is 2.44. The van der Waals surface area contributed by atoms with Crippen molar-refractivity contribution >= 4 is 33.9 Å². The van der Waals surface area contributed by atoms with Gasteiger partial charge in [0.25, 0.3) is 5.91 Å². The molecule has 1 atom stereocenters. The van der Waals surface area contributed by atoms with E-state index in [0.717, 1.165) is 13.0 Å². The molecule has 21 heavy (non-hydrogen) atoms. The molecule has 1 saturated heterocycles. The average Bonchev–Trinajstić information content (AvgIpc) is 3.02. The summed E-state index contributed by atoms with van der Waals surface area (Å²) in [6, 6.07) is 0.0666. The van der Waals surface area contributed by atoms with Crippen LogP contribution in [-0.4, -0.2) is 44.7 Å². The fourth-order valence-electron chi connectivity index (χ4n) is 2.32. The fraction of sp³-hybridized carbons (Fsp3) is 0.538. The number of hydrogen-bond acceptors (Lipinski definition) is 7. The number of anilines is 2. The van der Waals surface area contributed by atoms with E-state index in [1.807, 2.05) is 4.90 Å². The average molecular weight is 312 g/mol. The van der Waals surface area contributed by atoms with E-state index in [4.69, 9.17) is 16.2 Å². The van der Waals surface area contributed by atoms with E-state index in [-0.39, 0.29) is 29.1 Å². The first-order valence-corrected chi connectivity index (χ1v) is 7.63. The summed E-state index contributed by atoms with van der Waals surface area (Å²) < 4.78 is 4.99. The molecule has 0 bridgehead atoms. The van der Waals surface area contributed by atoms with Crippen molar-refractivity contribution in [1.29, 1.82) is 0 Å². The smallest absolute Gasteiger partial charge is 0.350 e. The first-order chi connectivity index (χ1) is 9.99. The summed E-state index contributed by atoms with van der Waals surface area (Å²) in [5.41, 5.74) is 12.4. The first-order valence-electron chi connectivity index (χ1n) is 6.81. The zero-order valence-corrected chi connectivity index (χ0v) is 13.0. The molecule has 1 aliphatic heterocycles. The third-order valence-electron chi connectivity index (χ3n) is 3.35. The lowest BCUT2D eigenvalue weighted by molar-refractivity contribution is 0.0533. The summed E-state index contributed by atoms with van der Waals surface area (Å²) in [5, 5.41) is 3.24. The highest BCUT2D eigenvalue weighted by Crippen LogP contribution is 2.39. The molecular formula is C13H20N4O3S. The fourth-order valence-corrected chi connectivity index (χ4v) is 3.47. The molecule has 1 fully saturated rings. The quantitative estimate of drug-likeness (QED) is 0.694. The number of hydrogen-bond donors (Lipinski definition) is 3. The van der Waals surface area contributed by atoms with E-state index in [2.05, 4.69) is 5.32 Å². The molecule has 1 aromatic rings. The van der Waals surface area contributed by atoms with Crippen LogP contribution in [0.1, 0.15) is 33.4 Å². The molecule has 0 spiro atoms. The van der Waals surface area contributed by atoms with Gasteiger partial charge < -0.3 is 26.4 Å². The Hall–Kier alpha value is -1.80. The van der Waals surface area contributed by atoms with Crippen molar-refractivity contribution in [1.82, 2.24) is 5.32 Å². The molecule has 1 amide bonds. The number of nitrogens with one attached hydrogen (secondary N) is 1. The molecule has 1 aromatic heterocycles. The van der Waals surface area contributed by atoms with Crippen molar-refractivity contribution in [2.75, 3.05) is 37.4 Å². The molecule has 5 N–H and O–H groups in total. The molecule has 7 nitrogen and oxygen atoms in total. The van der Waals surface area contributed by atoms with Gasteiger partial charge in [-0.3, -0.25) is 4.79 Å². The number of esters is 1. The maximum Gasteiger partial charge on any atom is 0.350 e. The molecule has 2 heterocycles. The van der Waals surface area contributed by atoms with Crippen LogP contribution in [0.2, 0.25) is 0 Å². The van der Waals surface area contributed by atoms with Crippen LogP contribution in [-0.2, 0) is 4.74 Å². The predicted molar refractivity (Wildman–Crippen MR) is 82.9 cm³/mol. The standard InChI is InChI=1S/C13H20N4O3S/c1-3-20-13(19)10-9(15)8(11(18)16-2)12(21-10)17-5-4-7(14)6-17/h7H,3-6,14-15H2,1-2H3,(H,16,18). The number of thiophene rings is 1. The maximum absolute atomic E-state index is 12.1. The van der Waals surface area contributed by atoms with Crippen LogP contribution < -0.4 is 21.7 Å². The number of nitrogen functional groups attached to an aromatic ring is 1. The van der Waals surface area contributed by atoms with Gasteiger partial charge in [-0.1, -0.05) is 0 Å². The molecule has 1 aliphatic rings. The Morgan fingerprint density at radius 1 is 1.52 bits per heavy atom. The zero-order valence-electron chi connectivity index (χ0n) is 12.1. The SMILES string of the molecule is CCOC(=O)c1sc(N2CCC(N)C2)c(C(=O)NC)c1N. The van der Waals surface area contributed by atoms with Gasteiger partial charge in [-0.25, -0.2) is 4.79 Å². The van der Waals surface area contributed by atoms with Gasteiger partial charge in [-0.15, -0.1) is 11.3 Å². The monoisotopic (exact) mass is 312 g/mol. The van der Waals surface area contributed by atoms with Crippen LogP contribution in [0.15, 0.2) is 0 Å². The number of amides is 1. The highest BCUT2D eigenvalue weighted by molar-refractivity contribution is 7.19. The second kappa shape index (κ2) is 6.31. The van der Waals surface area contributed by atoms with Crippen molar-refractivity contribution in [2.45, 2.75) is 19.4 Å². The number of rotatable bonds is 4. The van der Waals surface area contributed by atoms with Crippen LogP contribution in [0.25, 0.3) is 0 Å². The van der Waals surface area contributed by atoms with Gasteiger partial charge in [0, 0.05) is 26.2 Å². The lowest BCUT2D eigenvalue weighted by atomic mass is 10.2. The summed E-state index contributed by atoms with van der Waals surface area (Å²) in [4.78, 5) is 26.3. The topological polar surface area (TPSA) is 111 Å². The van der Waals surface area contributed by atoms with Crippen molar-refractivity contribution in [3.05, 3.63) is 10.4 Å². The van der Waals surface area contributed by atoms with Crippen LogP contribution in [0.3, 0.4) is 0 Å². The summed E-state index contributed by atoms with van der Waals surface area (Å²) in [7, 11) is 1.53. The van der Waals surface area contributed by atoms with Crippen LogP contribution in [0, 0.1) is 0 Å². The second-order valence-electron chi connectivity index (χ2n) is 4.82. The third kappa shape index (κ3) is 2.96. The Morgan fingerprint density at radius 3 is 2.76 bits per heavy atom. The summed E-state index contributed by atoms with van der Waals surface area (Å²) >= 11 is 1.19. The zero-order chi connectivity index (χ0) is 15.6. The highest BCUT2D eigenvalue weighted by Gasteiger charge is 2.31. The molecule has 1 unspecified atom stereocenters. The van der Waals surface area contributed by atoms with E-state index in [0.29, 0.717) is 17.1 Å².